The zero-order chi connectivity index (χ0) is 17.6. The summed E-state index contributed by atoms with van der Waals surface area (Å²) >= 11 is 0. The summed E-state index contributed by atoms with van der Waals surface area (Å²) in [5, 5.41) is 12.8. The average Bonchev–Trinajstić information content (AvgIpc) is 2.65. The van der Waals surface area contributed by atoms with Gasteiger partial charge in [0.2, 0.25) is 0 Å². The number of anilines is 1. The number of carbonyl (C=O) groups is 1. The first-order chi connectivity index (χ1) is 12.2. The normalized spacial score (nSPS) is 20.1. The van der Waals surface area contributed by atoms with E-state index in [1.807, 2.05) is 24.3 Å². The summed E-state index contributed by atoms with van der Waals surface area (Å²) in [7, 11) is 0. The average molecular weight is 340 g/mol. The third kappa shape index (κ3) is 4.59. The number of amides is 1. The fourth-order valence-corrected chi connectivity index (χ4v) is 3.00. The van der Waals surface area contributed by atoms with E-state index in [2.05, 4.69) is 5.32 Å². The van der Waals surface area contributed by atoms with Gasteiger partial charge in [0.15, 0.2) is 0 Å². The first kappa shape index (κ1) is 17.5. The molecule has 4 N–H and O–H groups in total. The van der Waals surface area contributed by atoms with E-state index in [-0.39, 0.29) is 12.0 Å². The maximum Gasteiger partial charge on any atom is 0.255 e. The number of aliphatic hydroxyl groups is 1. The molecule has 1 amide bonds. The molecule has 2 atom stereocenters. The van der Waals surface area contributed by atoms with Crippen molar-refractivity contribution in [1.82, 2.24) is 0 Å². The second-order valence-corrected chi connectivity index (χ2v) is 6.39. The smallest absolute Gasteiger partial charge is 0.255 e. The Bertz CT molecular complexity index is 698. The van der Waals surface area contributed by atoms with Crippen LogP contribution in [-0.4, -0.2) is 23.2 Å². The minimum absolute atomic E-state index is 0.143. The third-order valence-electron chi connectivity index (χ3n) is 4.52. The summed E-state index contributed by atoms with van der Waals surface area (Å²) in [6, 6.07) is 14.5. The summed E-state index contributed by atoms with van der Waals surface area (Å²) in [5.41, 5.74) is 7.83. The Labute approximate surface area is 147 Å². The van der Waals surface area contributed by atoms with Gasteiger partial charge in [0.1, 0.15) is 11.9 Å². The maximum atomic E-state index is 12.3. The van der Waals surface area contributed by atoms with Crippen LogP contribution in [0, 0.1) is 0 Å². The summed E-state index contributed by atoms with van der Waals surface area (Å²) in [6.45, 7) is 0.457. The molecule has 0 heterocycles. The van der Waals surface area contributed by atoms with Gasteiger partial charge in [-0.2, -0.15) is 0 Å². The predicted octanol–water partition coefficient (Wildman–Crippen LogP) is 3.08. The molecule has 5 nitrogen and oxygen atoms in total. The Morgan fingerprint density at radius 1 is 1.08 bits per heavy atom. The lowest BCUT2D eigenvalue weighted by Gasteiger charge is -2.28. The highest BCUT2D eigenvalue weighted by molar-refractivity contribution is 6.04. The van der Waals surface area contributed by atoms with Gasteiger partial charge in [0.25, 0.3) is 5.91 Å². The van der Waals surface area contributed by atoms with Crippen molar-refractivity contribution in [3.05, 3.63) is 59.7 Å². The van der Waals surface area contributed by atoms with Crippen LogP contribution in [0.4, 0.5) is 5.69 Å². The van der Waals surface area contributed by atoms with Crippen LogP contribution in [0.5, 0.6) is 5.75 Å². The standard InChI is InChI=1S/C20H24N2O3/c21-13-14-5-7-15(8-6-14)20(24)22-16-9-11-17(12-10-16)25-19-4-2-1-3-18(19)23/h5-12,18-19,23H,1-4,13,21H2,(H,22,24). The molecule has 0 spiro atoms. The number of nitrogens with one attached hydrogen (secondary N) is 1. The maximum absolute atomic E-state index is 12.3. The summed E-state index contributed by atoms with van der Waals surface area (Å²) < 4.78 is 5.86. The van der Waals surface area contributed by atoms with E-state index in [1.54, 1.807) is 24.3 Å². The van der Waals surface area contributed by atoms with Crippen LogP contribution in [0.3, 0.4) is 0 Å². The molecule has 5 heteroatoms. The Morgan fingerprint density at radius 2 is 1.76 bits per heavy atom. The second kappa shape index (κ2) is 8.14. The molecule has 3 rings (SSSR count). The minimum atomic E-state index is -0.398. The number of aliphatic hydroxyl groups excluding tert-OH is 1. The first-order valence-electron chi connectivity index (χ1n) is 8.71. The number of ether oxygens (including phenoxy) is 1. The van der Waals surface area contributed by atoms with Crippen molar-refractivity contribution >= 4 is 11.6 Å². The Balaban J connectivity index is 1.58. The van der Waals surface area contributed by atoms with Crippen molar-refractivity contribution in [1.29, 1.82) is 0 Å². The van der Waals surface area contributed by atoms with E-state index >= 15 is 0 Å². The zero-order valence-corrected chi connectivity index (χ0v) is 14.2. The molecule has 0 aliphatic heterocycles. The van der Waals surface area contributed by atoms with E-state index in [0.29, 0.717) is 23.5 Å². The lowest BCUT2D eigenvalue weighted by molar-refractivity contribution is 0.00688. The number of carbonyl (C=O) groups excluding carboxylic acids is 1. The van der Waals surface area contributed by atoms with Gasteiger partial charge in [-0.15, -0.1) is 0 Å². The molecule has 0 saturated heterocycles. The highest BCUT2D eigenvalue weighted by Crippen LogP contribution is 2.25. The van der Waals surface area contributed by atoms with Crippen LogP contribution in [0.15, 0.2) is 48.5 Å². The molecule has 132 valence electrons. The van der Waals surface area contributed by atoms with Crippen LogP contribution < -0.4 is 15.8 Å². The zero-order valence-electron chi connectivity index (χ0n) is 14.2. The molecule has 1 saturated carbocycles. The first-order valence-corrected chi connectivity index (χ1v) is 8.71. The van der Waals surface area contributed by atoms with E-state index in [1.165, 1.54) is 0 Å². The van der Waals surface area contributed by atoms with Crippen molar-refractivity contribution in [3.8, 4) is 5.75 Å². The molecule has 25 heavy (non-hydrogen) atoms. The lowest BCUT2D eigenvalue weighted by atomic mass is 9.95. The molecule has 0 aromatic heterocycles. The summed E-state index contributed by atoms with van der Waals surface area (Å²) in [5.74, 6) is 0.538. The van der Waals surface area contributed by atoms with Gasteiger partial charge in [0.05, 0.1) is 6.10 Å². The molecule has 2 unspecified atom stereocenters. The molecule has 0 radical (unpaired) electrons. The molecular weight excluding hydrogens is 316 g/mol. The van der Waals surface area contributed by atoms with Crippen LogP contribution in [0.1, 0.15) is 41.6 Å². The van der Waals surface area contributed by atoms with Crippen molar-refractivity contribution in [2.75, 3.05) is 5.32 Å². The fraction of sp³-hybridized carbons (Fsp3) is 0.350. The van der Waals surface area contributed by atoms with Gasteiger partial charge in [-0.1, -0.05) is 18.6 Å². The number of hydrogen-bond donors (Lipinski definition) is 3. The molecule has 2 aromatic carbocycles. The van der Waals surface area contributed by atoms with Crippen LogP contribution in [0.25, 0.3) is 0 Å². The van der Waals surface area contributed by atoms with E-state index < -0.39 is 6.10 Å². The van der Waals surface area contributed by atoms with Gasteiger partial charge in [-0.05, 0) is 61.2 Å². The quantitative estimate of drug-likeness (QED) is 0.781. The monoisotopic (exact) mass is 340 g/mol. The molecule has 0 bridgehead atoms. The van der Waals surface area contributed by atoms with Crippen molar-refractivity contribution in [2.24, 2.45) is 5.73 Å². The van der Waals surface area contributed by atoms with Crippen molar-refractivity contribution in [3.63, 3.8) is 0 Å². The molecule has 2 aromatic rings. The highest BCUT2D eigenvalue weighted by Gasteiger charge is 2.24. The van der Waals surface area contributed by atoms with Gasteiger partial charge in [0, 0.05) is 17.8 Å². The number of benzene rings is 2. The van der Waals surface area contributed by atoms with Crippen LogP contribution in [-0.2, 0) is 6.54 Å². The van der Waals surface area contributed by atoms with Crippen LogP contribution in [0.2, 0.25) is 0 Å². The highest BCUT2D eigenvalue weighted by atomic mass is 16.5. The summed E-state index contributed by atoms with van der Waals surface area (Å²) in [4.78, 5) is 12.3. The molecule has 1 fully saturated rings. The lowest BCUT2D eigenvalue weighted by Crippen LogP contribution is -2.34. The van der Waals surface area contributed by atoms with Crippen molar-refractivity contribution in [2.45, 2.75) is 44.4 Å². The second-order valence-electron chi connectivity index (χ2n) is 6.39. The molecule has 1 aliphatic rings. The molecule has 1 aliphatic carbocycles. The number of hydrogen-bond acceptors (Lipinski definition) is 4. The third-order valence-corrected chi connectivity index (χ3v) is 4.52. The summed E-state index contributed by atoms with van der Waals surface area (Å²) in [6.07, 6.45) is 3.26. The Hall–Kier alpha value is -2.37. The Morgan fingerprint density at radius 3 is 2.40 bits per heavy atom. The van der Waals surface area contributed by atoms with Gasteiger partial charge in [-0.25, -0.2) is 0 Å². The van der Waals surface area contributed by atoms with E-state index in [9.17, 15) is 9.90 Å². The largest absolute Gasteiger partial charge is 0.488 e. The topological polar surface area (TPSA) is 84.6 Å². The van der Waals surface area contributed by atoms with E-state index in [4.69, 9.17) is 10.5 Å². The van der Waals surface area contributed by atoms with Gasteiger partial charge < -0.3 is 20.9 Å². The van der Waals surface area contributed by atoms with Crippen molar-refractivity contribution < 1.29 is 14.6 Å². The predicted molar refractivity (Wildman–Crippen MR) is 97.6 cm³/mol. The number of rotatable bonds is 5. The van der Waals surface area contributed by atoms with Gasteiger partial charge in [-0.3, -0.25) is 4.79 Å². The SMILES string of the molecule is NCc1ccc(C(=O)Nc2ccc(OC3CCCCC3O)cc2)cc1. The fourth-order valence-electron chi connectivity index (χ4n) is 3.00. The van der Waals surface area contributed by atoms with E-state index in [0.717, 1.165) is 31.2 Å². The van der Waals surface area contributed by atoms with Crippen LogP contribution >= 0.6 is 0 Å². The van der Waals surface area contributed by atoms with Gasteiger partial charge >= 0.3 is 0 Å². The number of nitrogens with two attached hydrogens (primary N) is 1. The Kier molecular flexibility index (Phi) is 5.68. The minimum Gasteiger partial charge on any atom is -0.488 e. The molecular formula is C20H24N2O3.